The molecule has 2 N–H and O–H groups in total. The Labute approximate surface area is 124 Å². The zero-order valence-electron chi connectivity index (χ0n) is 11.2. The van der Waals surface area contributed by atoms with Crippen molar-refractivity contribution in [3.8, 4) is 0 Å². The van der Waals surface area contributed by atoms with Gasteiger partial charge in [0, 0.05) is 31.5 Å². The molecule has 6 heteroatoms. The first-order valence-corrected chi connectivity index (χ1v) is 8.62. The molecule has 0 saturated carbocycles. The largest absolute Gasteiger partial charge is 0.391 e. The molecule has 0 bridgehead atoms. The number of morpholine rings is 1. The molecule has 3 fully saturated rings. The molecule has 0 aromatic rings. The summed E-state index contributed by atoms with van der Waals surface area (Å²) in [4.78, 5) is 3.00. The third-order valence-corrected chi connectivity index (χ3v) is 5.95. The lowest BCUT2D eigenvalue weighted by atomic mass is 9.88. The van der Waals surface area contributed by atoms with E-state index in [1.54, 1.807) is 0 Å². The van der Waals surface area contributed by atoms with E-state index < -0.39 is 0 Å². The van der Waals surface area contributed by atoms with Crippen LogP contribution in [0.25, 0.3) is 0 Å². The molecule has 108 valence electrons. The van der Waals surface area contributed by atoms with Crippen LogP contribution in [0, 0.1) is 0 Å². The maximum atomic E-state index is 6.09. The zero-order valence-corrected chi connectivity index (χ0v) is 12.8. The van der Waals surface area contributed by atoms with E-state index >= 15 is 0 Å². The molecule has 1 spiro atoms. The highest BCUT2D eigenvalue weighted by atomic mass is 32.2. The van der Waals surface area contributed by atoms with Crippen molar-refractivity contribution >= 4 is 29.0 Å². The van der Waals surface area contributed by atoms with Gasteiger partial charge in [0.2, 0.25) is 0 Å². The molecule has 0 aromatic carbocycles. The van der Waals surface area contributed by atoms with Gasteiger partial charge in [-0.2, -0.15) is 11.8 Å². The van der Waals surface area contributed by atoms with Crippen molar-refractivity contribution in [2.24, 2.45) is 5.73 Å². The monoisotopic (exact) mass is 302 g/mol. The van der Waals surface area contributed by atoms with E-state index in [1.165, 1.54) is 12.2 Å². The van der Waals surface area contributed by atoms with Gasteiger partial charge in [-0.05, 0) is 25.0 Å². The van der Waals surface area contributed by atoms with Crippen molar-refractivity contribution in [2.45, 2.75) is 37.0 Å². The maximum absolute atomic E-state index is 6.09. The molecule has 19 heavy (non-hydrogen) atoms. The first-order valence-electron chi connectivity index (χ1n) is 7.05. The summed E-state index contributed by atoms with van der Waals surface area (Å²) in [5, 5.41) is 0. The topological polar surface area (TPSA) is 47.7 Å². The summed E-state index contributed by atoms with van der Waals surface area (Å²) in [6, 6.07) is 0.605. The highest BCUT2D eigenvalue weighted by Gasteiger charge is 2.42. The number of thioether (sulfide) groups is 1. The van der Waals surface area contributed by atoms with Crippen LogP contribution in [0.15, 0.2) is 0 Å². The van der Waals surface area contributed by atoms with E-state index in [2.05, 4.69) is 4.90 Å². The molecule has 3 unspecified atom stereocenters. The lowest BCUT2D eigenvalue weighted by molar-refractivity contribution is -0.105. The van der Waals surface area contributed by atoms with Crippen LogP contribution in [0.3, 0.4) is 0 Å². The summed E-state index contributed by atoms with van der Waals surface area (Å²) >= 11 is 7.09. The minimum atomic E-state index is -0.0690. The van der Waals surface area contributed by atoms with Crippen LogP contribution in [-0.4, -0.2) is 65.4 Å². The SMILES string of the molecule is NC(=S)C1CN(C2CCOC3(CCSC3)C2)CCO1. The number of hydrogen-bond acceptors (Lipinski definition) is 5. The molecule has 0 aliphatic carbocycles. The van der Waals surface area contributed by atoms with E-state index in [-0.39, 0.29) is 11.7 Å². The Kier molecular flexibility index (Phi) is 4.34. The predicted molar refractivity (Wildman–Crippen MR) is 81.7 cm³/mol. The number of nitrogens with zero attached hydrogens (tertiary/aromatic N) is 1. The Morgan fingerprint density at radius 1 is 1.42 bits per heavy atom. The first kappa shape index (κ1) is 14.1. The van der Waals surface area contributed by atoms with Gasteiger partial charge >= 0.3 is 0 Å². The molecular formula is C13H22N2O2S2. The van der Waals surface area contributed by atoms with Crippen molar-refractivity contribution in [3.05, 3.63) is 0 Å². The average molecular weight is 302 g/mol. The van der Waals surface area contributed by atoms with Gasteiger partial charge in [-0.25, -0.2) is 0 Å². The van der Waals surface area contributed by atoms with E-state index in [9.17, 15) is 0 Å². The van der Waals surface area contributed by atoms with E-state index in [4.69, 9.17) is 27.4 Å². The average Bonchev–Trinajstić information content (AvgIpc) is 2.87. The summed E-state index contributed by atoms with van der Waals surface area (Å²) < 4.78 is 11.7. The second-order valence-corrected chi connectivity index (χ2v) is 7.31. The van der Waals surface area contributed by atoms with Gasteiger partial charge < -0.3 is 15.2 Å². The molecular weight excluding hydrogens is 280 g/mol. The normalized spacial score (nSPS) is 40.6. The Balaban J connectivity index is 1.63. The van der Waals surface area contributed by atoms with E-state index in [0.29, 0.717) is 11.0 Å². The van der Waals surface area contributed by atoms with Crippen LogP contribution in [0.2, 0.25) is 0 Å². The van der Waals surface area contributed by atoms with Crippen LogP contribution < -0.4 is 5.73 Å². The standard InChI is InChI=1S/C13H22N2O2S2/c14-12(18)11-8-15(3-5-16-11)10-1-4-17-13(7-10)2-6-19-9-13/h10-11H,1-9H2,(H2,14,18). The number of nitrogens with two attached hydrogens (primary N) is 1. The minimum Gasteiger partial charge on any atom is -0.391 e. The lowest BCUT2D eigenvalue weighted by Crippen LogP contribution is -2.55. The van der Waals surface area contributed by atoms with Gasteiger partial charge in [0.05, 0.1) is 12.2 Å². The van der Waals surface area contributed by atoms with Gasteiger partial charge in [-0.1, -0.05) is 12.2 Å². The molecule has 0 radical (unpaired) electrons. The fourth-order valence-electron chi connectivity index (χ4n) is 3.35. The maximum Gasteiger partial charge on any atom is 0.120 e. The highest BCUT2D eigenvalue weighted by Crippen LogP contribution is 2.39. The fourth-order valence-corrected chi connectivity index (χ4v) is 4.87. The van der Waals surface area contributed by atoms with Gasteiger partial charge in [0.15, 0.2) is 0 Å². The quantitative estimate of drug-likeness (QED) is 0.769. The Bertz CT molecular complexity index is 348. The molecule has 3 aliphatic heterocycles. The number of rotatable bonds is 2. The molecule has 4 nitrogen and oxygen atoms in total. The lowest BCUT2D eigenvalue weighted by Gasteiger charge is -2.45. The summed E-state index contributed by atoms with van der Waals surface area (Å²) in [5.41, 5.74) is 5.87. The zero-order chi connectivity index (χ0) is 13.3. The second kappa shape index (κ2) is 5.85. The van der Waals surface area contributed by atoms with Crippen LogP contribution in [0.5, 0.6) is 0 Å². The summed E-state index contributed by atoms with van der Waals surface area (Å²) in [7, 11) is 0. The molecule has 3 heterocycles. The van der Waals surface area contributed by atoms with Crippen molar-refractivity contribution in [1.29, 1.82) is 0 Å². The second-order valence-electron chi connectivity index (χ2n) is 5.74. The molecule has 3 saturated heterocycles. The van der Waals surface area contributed by atoms with Gasteiger partial charge in [0.1, 0.15) is 11.1 Å². The Morgan fingerprint density at radius 2 is 2.32 bits per heavy atom. The first-order chi connectivity index (χ1) is 9.19. The molecule has 3 atom stereocenters. The van der Waals surface area contributed by atoms with E-state index in [1.807, 2.05) is 11.8 Å². The third kappa shape index (κ3) is 3.08. The summed E-state index contributed by atoms with van der Waals surface area (Å²) in [6.45, 7) is 3.47. The number of ether oxygens (including phenoxy) is 2. The van der Waals surface area contributed by atoms with Crippen molar-refractivity contribution in [3.63, 3.8) is 0 Å². The third-order valence-electron chi connectivity index (χ3n) is 4.47. The smallest absolute Gasteiger partial charge is 0.120 e. The van der Waals surface area contributed by atoms with Crippen LogP contribution in [0.4, 0.5) is 0 Å². The molecule has 0 aromatic heterocycles. The molecule has 3 aliphatic rings. The van der Waals surface area contributed by atoms with Crippen LogP contribution in [-0.2, 0) is 9.47 Å². The van der Waals surface area contributed by atoms with Gasteiger partial charge in [0.25, 0.3) is 0 Å². The van der Waals surface area contributed by atoms with Crippen LogP contribution in [0.1, 0.15) is 19.3 Å². The Morgan fingerprint density at radius 3 is 3.05 bits per heavy atom. The summed E-state index contributed by atoms with van der Waals surface area (Å²) in [6.07, 6.45) is 3.41. The Hall–Kier alpha value is 0.120. The predicted octanol–water partition coefficient (Wildman–Crippen LogP) is 1.03. The molecule has 0 amide bonds. The number of thiocarbonyl (C=S) groups is 1. The van der Waals surface area contributed by atoms with Crippen molar-refractivity contribution in [2.75, 3.05) is 37.8 Å². The van der Waals surface area contributed by atoms with Crippen molar-refractivity contribution in [1.82, 2.24) is 4.90 Å². The summed E-state index contributed by atoms with van der Waals surface area (Å²) in [5.74, 6) is 2.40. The minimum absolute atomic E-state index is 0.0690. The molecule has 3 rings (SSSR count). The number of hydrogen-bond donors (Lipinski definition) is 1. The van der Waals surface area contributed by atoms with Gasteiger partial charge in [-0.3, -0.25) is 4.90 Å². The van der Waals surface area contributed by atoms with Crippen molar-refractivity contribution < 1.29 is 9.47 Å². The fraction of sp³-hybridized carbons (Fsp3) is 0.923. The van der Waals surface area contributed by atoms with Gasteiger partial charge in [-0.15, -0.1) is 0 Å². The highest BCUT2D eigenvalue weighted by molar-refractivity contribution is 7.99. The van der Waals surface area contributed by atoms with Crippen LogP contribution >= 0.6 is 24.0 Å². The van der Waals surface area contributed by atoms with E-state index in [0.717, 1.165) is 44.9 Å².